The number of hydrogen-bond acceptors (Lipinski definition) is 5. The molecule has 146 valence electrons. The lowest BCUT2D eigenvalue weighted by atomic mass is 10.1. The molecule has 1 atom stereocenters. The van der Waals surface area contributed by atoms with Crippen LogP contribution in [0.5, 0.6) is 11.5 Å². The summed E-state index contributed by atoms with van der Waals surface area (Å²) in [4.78, 5) is 37.9. The summed E-state index contributed by atoms with van der Waals surface area (Å²) in [5, 5.41) is 14.5. The molecule has 1 aliphatic rings. The molecule has 8 nitrogen and oxygen atoms in total. The average Bonchev–Trinajstić information content (AvgIpc) is 2.96. The van der Waals surface area contributed by atoms with Gasteiger partial charge in [-0.25, -0.2) is 9.69 Å². The van der Waals surface area contributed by atoms with Crippen molar-refractivity contribution in [1.82, 2.24) is 10.6 Å². The Morgan fingerprint density at radius 2 is 1.82 bits per heavy atom. The first-order valence-corrected chi connectivity index (χ1v) is 8.81. The third kappa shape index (κ3) is 4.40. The van der Waals surface area contributed by atoms with Crippen molar-refractivity contribution in [3.05, 3.63) is 54.1 Å². The van der Waals surface area contributed by atoms with E-state index in [1.807, 2.05) is 0 Å². The molecule has 1 aliphatic heterocycles. The van der Waals surface area contributed by atoms with E-state index >= 15 is 0 Å². The molecule has 3 rings (SSSR count). The molecular formula is C20H21N3O5. The number of carbonyl (C=O) groups is 3. The van der Waals surface area contributed by atoms with Gasteiger partial charge >= 0.3 is 6.03 Å². The number of methoxy groups -OCH3 is 1. The molecule has 2 aromatic carbocycles. The number of benzene rings is 2. The summed E-state index contributed by atoms with van der Waals surface area (Å²) in [6, 6.07) is 11.8. The summed E-state index contributed by atoms with van der Waals surface area (Å²) < 4.78 is 5.07. The molecule has 0 aromatic heterocycles. The highest BCUT2D eigenvalue weighted by atomic mass is 16.5. The molecule has 0 unspecified atom stereocenters. The second kappa shape index (κ2) is 8.43. The minimum absolute atomic E-state index is 0.132. The van der Waals surface area contributed by atoms with Crippen molar-refractivity contribution in [2.45, 2.75) is 18.9 Å². The van der Waals surface area contributed by atoms with Gasteiger partial charge in [0.1, 0.15) is 17.5 Å². The maximum Gasteiger partial charge on any atom is 0.329 e. The lowest BCUT2D eigenvalue weighted by Crippen LogP contribution is -2.37. The summed E-state index contributed by atoms with van der Waals surface area (Å²) in [6.45, 7) is 0.390. The van der Waals surface area contributed by atoms with Gasteiger partial charge in [-0.05, 0) is 48.4 Å². The number of amides is 4. The number of phenols is 1. The van der Waals surface area contributed by atoms with Crippen LogP contribution < -0.4 is 20.3 Å². The first-order valence-electron chi connectivity index (χ1n) is 8.81. The van der Waals surface area contributed by atoms with Crippen LogP contribution in [0.25, 0.3) is 0 Å². The Balaban J connectivity index is 1.52. The number of rotatable bonds is 7. The molecule has 0 radical (unpaired) electrons. The fraction of sp³-hybridized carbons (Fsp3) is 0.250. The van der Waals surface area contributed by atoms with E-state index in [9.17, 15) is 19.5 Å². The van der Waals surface area contributed by atoms with Gasteiger partial charge in [0.15, 0.2) is 0 Å². The molecule has 1 heterocycles. The number of hydrogen-bond donors (Lipinski definition) is 3. The van der Waals surface area contributed by atoms with E-state index in [0.717, 1.165) is 10.5 Å². The Morgan fingerprint density at radius 3 is 2.46 bits per heavy atom. The van der Waals surface area contributed by atoms with Gasteiger partial charge in [0.05, 0.1) is 19.2 Å². The lowest BCUT2D eigenvalue weighted by Gasteiger charge is -2.13. The normalized spacial score (nSPS) is 16.0. The fourth-order valence-corrected chi connectivity index (χ4v) is 2.91. The van der Waals surface area contributed by atoms with Gasteiger partial charge in [-0.15, -0.1) is 0 Å². The Labute approximate surface area is 162 Å². The third-order valence-electron chi connectivity index (χ3n) is 4.41. The van der Waals surface area contributed by atoms with Gasteiger partial charge in [-0.2, -0.15) is 0 Å². The molecule has 8 heteroatoms. The highest BCUT2D eigenvalue weighted by molar-refractivity contribution is 6.22. The number of nitrogens with zero attached hydrogens (tertiary/aromatic N) is 1. The molecule has 1 saturated heterocycles. The number of carbonyl (C=O) groups excluding carboxylic acids is 3. The van der Waals surface area contributed by atoms with Crippen molar-refractivity contribution < 1.29 is 24.2 Å². The van der Waals surface area contributed by atoms with Crippen LogP contribution in [0, 0.1) is 0 Å². The average molecular weight is 383 g/mol. The molecule has 0 aliphatic carbocycles. The predicted octanol–water partition coefficient (Wildman–Crippen LogP) is 1.57. The summed E-state index contributed by atoms with van der Waals surface area (Å²) in [5.41, 5.74) is 1.38. The SMILES string of the molecule is COc1ccc(N2C(=O)N[C@@H](CC(=O)NCCc3ccc(O)cc3)C2=O)cc1. The molecule has 0 saturated carbocycles. The molecule has 2 aromatic rings. The van der Waals surface area contributed by atoms with E-state index in [2.05, 4.69) is 10.6 Å². The quantitative estimate of drug-likeness (QED) is 0.629. The minimum Gasteiger partial charge on any atom is -0.508 e. The number of ether oxygens (including phenoxy) is 1. The molecule has 0 bridgehead atoms. The fourth-order valence-electron chi connectivity index (χ4n) is 2.91. The van der Waals surface area contributed by atoms with Crippen molar-refractivity contribution in [3.8, 4) is 11.5 Å². The Bertz CT molecular complexity index is 864. The van der Waals surface area contributed by atoms with E-state index in [4.69, 9.17) is 4.74 Å². The Morgan fingerprint density at radius 1 is 1.14 bits per heavy atom. The van der Waals surface area contributed by atoms with Crippen molar-refractivity contribution in [1.29, 1.82) is 0 Å². The van der Waals surface area contributed by atoms with Crippen LogP contribution in [0.3, 0.4) is 0 Å². The highest BCUT2D eigenvalue weighted by Crippen LogP contribution is 2.23. The highest BCUT2D eigenvalue weighted by Gasteiger charge is 2.39. The van der Waals surface area contributed by atoms with E-state index in [-0.39, 0.29) is 18.1 Å². The van der Waals surface area contributed by atoms with E-state index in [1.165, 1.54) is 7.11 Å². The van der Waals surface area contributed by atoms with Crippen LogP contribution in [0.2, 0.25) is 0 Å². The molecule has 4 amide bonds. The number of urea groups is 1. The van der Waals surface area contributed by atoms with Crippen LogP contribution in [-0.4, -0.2) is 42.6 Å². The molecule has 3 N–H and O–H groups in total. The summed E-state index contributed by atoms with van der Waals surface area (Å²) in [5.74, 6) is 0.00269. The predicted molar refractivity (Wildman–Crippen MR) is 102 cm³/mol. The molecular weight excluding hydrogens is 362 g/mol. The van der Waals surface area contributed by atoms with Gasteiger partial charge in [-0.1, -0.05) is 12.1 Å². The maximum absolute atomic E-state index is 12.5. The zero-order valence-corrected chi connectivity index (χ0v) is 15.3. The maximum atomic E-state index is 12.5. The minimum atomic E-state index is -0.900. The van der Waals surface area contributed by atoms with Crippen molar-refractivity contribution >= 4 is 23.5 Å². The van der Waals surface area contributed by atoms with Crippen LogP contribution in [-0.2, 0) is 16.0 Å². The summed E-state index contributed by atoms with van der Waals surface area (Å²) >= 11 is 0. The summed E-state index contributed by atoms with van der Waals surface area (Å²) in [6.07, 6.45) is 0.460. The van der Waals surface area contributed by atoms with Gasteiger partial charge < -0.3 is 20.5 Å². The second-order valence-electron chi connectivity index (χ2n) is 6.34. The number of imide groups is 1. The smallest absolute Gasteiger partial charge is 0.329 e. The number of anilines is 1. The zero-order chi connectivity index (χ0) is 20.1. The standard InChI is InChI=1S/C20H21N3O5/c1-28-16-8-4-14(5-9-16)23-19(26)17(22-20(23)27)12-18(25)21-11-10-13-2-6-15(24)7-3-13/h2-9,17,24H,10-12H2,1H3,(H,21,25)(H,22,27)/t17-/m0/s1. The van der Waals surface area contributed by atoms with E-state index in [1.54, 1.807) is 48.5 Å². The largest absolute Gasteiger partial charge is 0.508 e. The van der Waals surface area contributed by atoms with Crippen molar-refractivity contribution in [2.75, 3.05) is 18.6 Å². The van der Waals surface area contributed by atoms with E-state index in [0.29, 0.717) is 24.4 Å². The van der Waals surface area contributed by atoms with Crippen molar-refractivity contribution in [3.63, 3.8) is 0 Å². The van der Waals surface area contributed by atoms with Crippen LogP contribution in [0.1, 0.15) is 12.0 Å². The third-order valence-corrected chi connectivity index (χ3v) is 4.41. The van der Waals surface area contributed by atoms with Crippen LogP contribution in [0.15, 0.2) is 48.5 Å². The first kappa shape index (κ1) is 19.2. The number of aromatic hydroxyl groups is 1. The van der Waals surface area contributed by atoms with Crippen LogP contribution in [0.4, 0.5) is 10.5 Å². The number of nitrogens with one attached hydrogen (secondary N) is 2. The van der Waals surface area contributed by atoms with Gasteiger partial charge in [-0.3, -0.25) is 9.59 Å². The Kier molecular flexibility index (Phi) is 5.78. The zero-order valence-electron chi connectivity index (χ0n) is 15.3. The number of phenolic OH excluding ortho intramolecular Hbond substituents is 1. The lowest BCUT2D eigenvalue weighted by molar-refractivity contribution is -0.125. The van der Waals surface area contributed by atoms with Gasteiger partial charge in [0.25, 0.3) is 5.91 Å². The second-order valence-corrected chi connectivity index (χ2v) is 6.34. The van der Waals surface area contributed by atoms with Gasteiger partial charge in [0, 0.05) is 6.54 Å². The monoisotopic (exact) mass is 383 g/mol. The molecule has 28 heavy (non-hydrogen) atoms. The van der Waals surface area contributed by atoms with Crippen LogP contribution >= 0.6 is 0 Å². The topological polar surface area (TPSA) is 108 Å². The first-order chi connectivity index (χ1) is 13.5. The van der Waals surface area contributed by atoms with E-state index < -0.39 is 18.0 Å². The van der Waals surface area contributed by atoms with Gasteiger partial charge in [0.2, 0.25) is 5.91 Å². The van der Waals surface area contributed by atoms with Crippen molar-refractivity contribution in [2.24, 2.45) is 0 Å². The molecule has 1 fully saturated rings. The summed E-state index contributed by atoms with van der Waals surface area (Å²) in [7, 11) is 1.53. The Hall–Kier alpha value is -3.55. The molecule has 0 spiro atoms.